The van der Waals surface area contributed by atoms with E-state index in [1.807, 2.05) is 18.2 Å². The van der Waals surface area contributed by atoms with Gasteiger partial charge in [-0.1, -0.05) is 18.2 Å². The number of rotatable bonds is 15. The fraction of sp³-hybridized carbons (Fsp3) is 0.414. The van der Waals surface area contributed by atoms with Gasteiger partial charge in [-0.25, -0.2) is 9.59 Å². The molecule has 3 amide bonds. The van der Waals surface area contributed by atoms with Crippen molar-refractivity contribution in [1.82, 2.24) is 30.1 Å². The van der Waals surface area contributed by atoms with Gasteiger partial charge < -0.3 is 52.3 Å². The zero-order valence-electron chi connectivity index (χ0n) is 25.3. The molecule has 1 aliphatic heterocycles. The highest BCUT2D eigenvalue weighted by Gasteiger charge is 2.39. The molecule has 1 fully saturated rings. The number of carbonyl (C=O) groups excluding carboxylic acids is 3. The number of aromatic nitrogens is 3. The number of aromatic hydroxyl groups is 1. The van der Waals surface area contributed by atoms with Gasteiger partial charge in [0.1, 0.15) is 24.7 Å². The third-order valence-electron chi connectivity index (χ3n) is 7.77. The van der Waals surface area contributed by atoms with E-state index in [1.165, 1.54) is 4.90 Å². The molecule has 252 valence electrons. The molecule has 0 saturated carbocycles. The number of benzene rings is 1. The SMILES string of the molecule is NC(N)=NCCCc1[nH]c(=O)n(CC(=O)N[C@@H](CC(=O)O)C(=O)N[C@@H](Cc2c[nH]c3ccccc23)C(=O)N2CCC[C@H]2C(=O)O)c1O. The number of carboxylic acids is 2. The highest BCUT2D eigenvalue weighted by Crippen LogP contribution is 2.23. The van der Waals surface area contributed by atoms with Crippen LogP contribution in [0.15, 0.2) is 40.2 Å². The van der Waals surface area contributed by atoms with Gasteiger partial charge in [-0.3, -0.25) is 28.7 Å². The number of hydrogen-bond acceptors (Lipinski definition) is 8. The van der Waals surface area contributed by atoms with Crippen molar-refractivity contribution >= 4 is 46.5 Å². The monoisotopic (exact) mass is 655 g/mol. The molecule has 47 heavy (non-hydrogen) atoms. The van der Waals surface area contributed by atoms with Gasteiger partial charge in [0.2, 0.25) is 23.6 Å². The van der Waals surface area contributed by atoms with Crippen molar-refractivity contribution in [2.24, 2.45) is 16.5 Å². The Morgan fingerprint density at radius 3 is 2.53 bits per heavy atom. The first-order chi connectivity index (χ1) is 22.3. The second-order valence-corrected chi connectivity index (χ2v) is 11.1. The van der Waals surface area contributed by atoms with Gasteiger partial charge in [0.15, 0.2) is 5.96 Å². The van der Waals surface area contributed by atoms with Gasteiger partial charge in [-0.2, -0.15) is 0 Å². The number of aliphatic carboxylic acids is 2. The van der Waals surface area contributed by atoms with Crippen LogP contribution in [0.1, 0.15) is 36.9 Å². The number of aryl methyl sites for hydroxylation is 1. The Morgan fingerprint density at radius 1 is 1.09 bits per heavy atom. The van der Waals surface area contributed by atoms with E-state index in [0.717, 1.165) is 10.9 Å². The van der Waals surface area contributed by atoms with Gasteiger partial charge in [0.05, 0.1) is 12.1 Å². The molecule has 0 aliphatic carbocycles. The summed E-state index contributed by atoms with van der Waals surface area (Å²) in [5.74, 6) is -5.95. The number of nitrogens with one attached hydrogen (secondary N) is 4. The number of hydrogen-bond donors (Lipinski definition) is 9. The number of amides is 3. The molecule has 11 N–H and O–H groups in total. The second kappa shape index (κ2) is 15.0. The van der Waals surface area contributed by atoms with Crippen LogP contribution >= 0.6 is 0 Å². The minimum Gasteiger partial charge on any atom is -0.493 e. The number of H-pyrrole nitrogens is 2. The zero-order chi connectivity index (χ0) is 34.2. The highest BCUT2D eigenvalue weighted by molar-refractivity contribution is 5.96. The number of imidazole rings is 1. The number of fused-ring (bicyclic) bond motifs is 1. The van der Waals surface area contributed by atoms with Crippen LogP contribution in [-0.4, -0.2) is 102 Å². The Balaban J connectivity index is 1.52. The molecule has 18 heteroatoms. The lowest BCUT2D eigenvalue weighted by Gasteiger charge is -2.28. The minimum atomic E-state index is -1.69. The summed E-state index contributed by atoms with van der Waals surface area (Å²) in [5, 5.41) is 35.2. The first-order valence-corrected chi connectivity index (χ1v) is 14.8. The number of aliphatic imine (C=N–C) groups is 1. The summed E-state index contributed by atoms with van der Waals surface area (Å²) in [7, 11) is 0. The Hall–Kier alpha value is -5.81. The predicted molar refractivity (Wildman–Crippen MR) is 166 cm³/mol. The second-order valence-electron chi connectivity index (χ2n) is 11.1. The van der Waals surface area contributed by atoms with Crippen LogP contribution in [0.5, 0.6) is 5.88 Å². The molecule has 0 spiro atoms. The van der Waals surface area contributed by atoms with Crippen LogP contribution in [0.4, 0.5) is 0 Å². The normalized spacial score (nSPS) is 15.6. The van der Waals surface area contributed by atoms with E-state index in [-0.39, 0.29) is 44.0 Å². The number of nitrogens with zero attached hydrogens (tertiary/aromatic N) is 3. The molecule has 1 aliphatic rings. The lowest BCUT2D eigenvalue weighted by molar-refractivity contribution is -0.149. The van der Waals surface area contributed by atoms with E-state index in [4.69, 9.17) is 11.5 Å². The van der Waals surface area contributed by atoms with Crippen molar-refractivity contribution < 1.29 is 39.3 Å². The van der Waals surface area contributed by atoms with E-state index < -0.39 is 72.3 Å². The number of carbonyl (C=O) groups is 5. The smallest absolute Gasteiger partial charge is 0.329 e. The molecule has 4 rings (SSSR count). The maximum atomic E-state index is 13.7. The fourth-order valence-electron chi connectivity index (χ4n) is 5.54. The Bertz CT molecular complexity index is 1740. The molecule has 3 atom stereocenters. The van der Waals surface area contributed by atoms with Crippen molar-refractivity contribution in [2.75, 3.05) is 13.1 Å². The maximum absolute atomic E-state index is 13.7. The summed E-state index contributed by atoms with van der Waals surface area (Å²) in [6.45, 7) is -0.388. The van der Waals surface area contributed by atoms with Crippen molar-refractivity contribution in [3.8, 4) is 5.88 Å². The number of carboxylic acid groups (broad SMARTS) is 2. The van der Waals surface area contributed by atoms with Crippen molar-refractivity contribution in [1.29, 1.82) is 0 Å². The average molecular weight is 656 g/mol. The Morgan fingerprint density at radius 2 is 1.83 bits per heavy atom. The lowest BCUT2D eigenvalue weighted by atomic mass is 10.0. The molecule has 0 bridgehead atoms. The molecule has 2 aromatic heterocycles. The Labute approximate surface area is 266 Å². The van der Waals surface area contributed by atoms with Crippen LogP contribution in [0.25, 0.3) is 10.9 Å². The number of para-hydroxylation sites is 1. The quantitative estimate of drug-likeness (QED) is 0.0507. The average Bonchev–Trinajstić information content (AvgIpc) is 3.73. The fourth-order valence-corrected chi connectivity index (χ4v) is 5.54. The third kappa shape index (κ3) is 8.47. The number of guanidine groups is 1. The summed E-state index contributed by atoms with van der Waals surface area (Å²) in [4.78, 5) is 86.6. The van der Waals surface area contributed by atoms with Crippen LogP contribution in [-0.2, 0) is 43.4 Å². The standard InChI is InChI=1S/C29H37N9O9/c30-28(31)32-9-3-7-18-25(43)38(29(47)36-18)14-22(39)34-19(12-23(40)41)24(42)35-20(26(44)37-10-4-8-21(37)27(45)46)11-15-13-33-17-6-2-1-5-16(15)17/h1-2,5-6,13,19-21,33,43H,3-4,7-12,14H2,(H,34,39)(H,35,42)(H,36,47)(H,40,41)(H,45,46)(H4,30,31,32)/t19-,20-,21-/m0/s1. The molecule has 1 aromatic carbocycles. The van der Waals surface area contributed by atoms with Gasteiger partial charge in [-0.15, -0.1) is 0 Å². The molecule has 3 heterocycles. The van der Waals surface area contributed by atoms with Crippen LogP contribution in [0.3, 0.4) is 0 Å². The molecule has 1 saturated heterocycles. The van der Waals surface area contributed by atoms with Gasteiger partial charge in [0.25, 0.3) is 0 Å². The first-order valence-electron chi connectivity index (χ1n) is 14.8. The predicted octanol–water partition coefficient (Wildman–Crippen LogP) is -1.67. The van der Waals surface area contributed by atoms with Crippen LogP contribution in [0.2, 0.25) is 0 Å². The van der Waals surface area contributed by atoms with E-state index in [1.54, 1.807) is 12.3 Å². The molecular weight excluding hydrogens is 618 g/mol. The number of aromatic amines is 2. The first kappa shape index (κ1) is 34.1. The molecule has 3 aromatic rings. The summed E-state index contributed by atoms with van der Waals surface area (Å²) in [6.07, 6.45) is 1.92. The molecule has 18 nitrogen and oxygen atoms in total. The topological polar surface area (TPSA) is 291 Å². The molecule has 0 radical (unpaired) electrons. The highest BCUT2D eigenvalue weighted by atomic mass is 16.4. The third-order valence-corrected chi connectivity index (χ3v) is 7.77. The number of likely N-dealkylation sites (tertiary alicyclic amines) is 1. The number of nitrogens with two attached hydrogens (primary N) is 2. The summed E-state index contributed by atoms with van der Waals surface area (Å²) in [5.41, 5.74) is 11.3. The van der Waals surface area contributed by atoms with Crippen molar-refractivity contribution in [2.45, 2.75) is 63.2 Å². The van der Waals surface area contributed by atoms with Crippen LogP contribution < -0.4 is 27.8 Å². The van der Waals surface area contributed by atoms with Crippen molar-refractivity contribution in [3.63, 3.8) is 0 Å². The van der Waals surface area contributed by atoms with Crippen molar-refractivity contribution in [3.05, 3.63) is 52.2 Å². The van der Waals surface area contributed by atoms with Crippen LogP contribution in [0, 0.1) is 0 Å². The van der Waals surface area contributed by atoms with E-state index >= 15 is 0 Å². The van der Waals surface area contributed by atoms with Gasteiger partial charge >= 0.3 is 17.6 Å². The minimum absolute atomic E-state index is 0.0657. The Kier molecular flexibility index (Phi) is 10.9. The summed E-state index contributed by atoms with van der Waals surface area (Å²) >= 11 is 0. The molecule has 0 unspecified atom stereocenters. The van der Waals surface area contributed by atoms with Gasteiger partial charge in [0, 0.05) is 36.6 Å². The summed E-state index contributed by atoms with van der Waals surface area (Å²) < 4.78 is 0.712. The molecular formula is C29H37N9O9. The zero-order valence-corrected chi connectivity index (χ0v) is 25.3. The van der Waals surface area contributed by atoms with Gasteiger partial charge in [-0.05, 0) is 37.3 Å². The summed E-state index contributed by atoms with van der Waals surface area (Å²) in [6, 6.07) is 3.13. The largest absolute Gasteiger partial charge is 0.493 e. The van der Waals surface area contributed by atoms with E-state index in [9.17, 15) is 44.1 Å². The van der Waals surface area contributed by atoms with E-state index in [2.05, 4.69) is 25.6 Å². The van der Waals surface area contributed by atoms with E-state index in [0.29, 0.717) is 23.0 Å². The maximum Gasteiger partial charge on any atom is 0.329 e. The lowest BCUT2D eigenvalue weighted by Crippen LogP contribution is -2.57.